The molecule has 2 fully saturated rings. The highest BCUT2D eigenvalue weighted by atomic mass is 16.5. The van der Waals surface area contributed by atoms with Crippen LogP contribution in [0.1, 0.15) is 12.0 Å². The van der Waals surface area contributed by atoms with Crippen LogP contribution in [-0.2, 0) is 11.3 Å². The van der Waals surface area contributed by atoms with Gasteiger partial charge in [-0.15, -0.1) is 0 Å². The highest BCUT2D eigenvalue weighted by Gasteiger charge is 2.53. The molecular weight excluding hydrogens is 290 g/mol. The molecule has 120 valence electrons. The summed E-state index contributed by atoms with van der Waals surface area (Å²) in [5.74, 6) is 1.29. The lowest BCUT2D eigenvalue weighted by Crippen LogP contribution is -2.64. The summed E-state index contributed by atoms with van der Waals surface area (Å²) in [5.41, 5.74) is 1.23. The van der Waals surface area contributed by atoms with E-state index < -0.39 is 0 Å². The molecule has 2 aromatic heterocycles. The molecule has 0 aliphatic carbocycles. The van der Waals surface area contributed by atoms with Crippen molar-refractivity contribution in [3.05, 3.63) is 54.6 Å². The standard InChI is InChI=1S/C18H21N3O2/c1-3-15(9-19-6-1)11-21-13-18(14-21)16(5-8-23-18)12-22-17-4-2-7-20-10-17/h1-4,6-7,9-10,16H,5,8,11-14H2/t16-/m0/s1. The first-order valence-electron chi connectivity index (χ1n) is 8.12. The zero-order chi connectivity index (χ0) is 15.5. The Morgan fingerprint density at radius 3 is 2.74 bits per heavy atom. The molecule has 4 rings (SSSR count). The lowest BCUT2D eigenvalue weighted by Gasteiger charge is -2.50. The molecule has 0 N–H and O–H groups in total. The third kappa shape index (κ3) is 3.07. The largest absolute Gasteiger partial charge is 0.492 e. The van der Waals surface area contributed by atoms with Gasteiger partial charge in [-0.1, -0.05) is 6.07 Å². The van der Waals surface area contributed by atoms with Gasteiger partial charge in [0.05, 0.1) is 18.4 Å². The summed E-state index contributed by atoms with van der Waals surface area (Å²) < 4.78 is 12.0. The van der Waals surface area contributed by atoms with Crippen molar-refractivity contribution in [1.29, 1.82) is 0 Å². The van der Waals surface area contributed by atoms with Crippen LogP contribution in [0.5, 0.6) is 5.75 Å². The Balaban J connectivity index is 1.32. The Morgan fingerprint density at radius 1 is 1.17 bits per heavy atom. The Bertz CT molecular complexity index is 629. The second kappa shape index (κ2) is 6.26. The number of pyridine rings is 2. The summed E-state index contributed by atoms with van der Waals surface area (Å²) in [4.78, 5) is 10.7. The van der Waals surface area contributed by atoms with Crippen LogP contribution in [0.3, 0.4) is 0 Å². The molecule has 0 radical (unpaired) electrons. The Kier molecular flexibility index (Phi) is 3.97. The van der Waals surface area contributed by atoms with Crippen LogP contribution in [0.25, 0.3) is 0 Å². The monoisotopic (exact) mass is 311 g/mol. The Morgan fingerprint density at radius 2 is 2.00 bits per heavy atom. The molecule has 2 aliphatic heterocycles. The zero-order valence-corrected chi connectivity index (χ0v) is 13.1. The predicted octanol–water partition coefficient (Wildman–Crippen LogP) is 2.15. The third-order valence-corrected chi connectivity index (χ3v) is 4.80. The van der Waals surface area contributed by atoms with E-state index in [-0.39, 0.29) is 5.60 Å². The van der Waals surface area contributed by atoms with Crippen LogP contribution in [0.4, 0.5) is 0 Å². The van der Waals surface area contributed by atoms with Gasteiger partial charge in [-0.2, -0.15) is 0 Å². The second-order valence-corrected chi connectivity index (χ2v) is 6.41. The van der Waals surface area contributed by atoms with Crippen LogP contribution in [-0.4, -0.2) is 46.8 Å². The minimum absolute atomic E-state index is 0.0234. The molecule has 0 saturated carbocycles. The van der Waals surface area contributed by atoms with E-state index in [2.05, 4.69) is 20.9 Å². The van der Waals surface area contributed by atoms with Gasteiger partial charge in [-0.25, -0.2) is 0 Å². The normalized spacial score (nSPS) is 22.9. The topological polar surface area (TPSA) is 47.5 Å². The molecule has 0 unspecified atom stereocenters. The third-order valence-electron chi connectivity index (χ3n) is 4.80. The number of ether oxygens (including phenoxy) is 2. The molecule has 0 aromatic carbocycles. The zero-order valence-electron chi connectivity index (χ0n) is 13.1. The van der Waals surface area contributed by atoms with Crippen molar-refractivity contribution in [2.75, 3.05) is 26.3 Å². The van der Waals surface area contributed by atoms with E-state index in [1.165, 1.54) is 5.56 Å². The molecule has 1 atom stereocenters. The second-order valence-electron chi connectivity index (χ2n) is 6.41. The fourth-order valence-corrected chi connectivity index (χ4v) is 3.57. The molecule has 23 heavy (non-hydrogen) atoms. The molecule has 1 spiro atoms. The maximum absolute atomic E-state index is 6.09. The van der Waals surface area contributed by atoms with Gasteiger partial charge in [0.15, 0.2) is 0 Å². The van der Waals surface area contributed by atoms with E-state index in [9.17, 15) is 0 Å². The SMILES string of the molecule is c1cncc(CN2CC3(C2)OCC[C@H]3COc2cccnc2)c1. The van der Waals surface area contributed by atoms with Crippen LogP contribution >= 0.6 is 0 Å². The number of rotatable bonds is 5. The first-order valence-corrected chi connectivity index (χ1v) is 8.12. The van der Waals surface area contributed by atoms with Crippen molar-refractivity contribution in [3.63, 3.8) is 0 Å². The molecule has 0 bridgehead atoms. The van der Waals surface area contributed by atoms with Crippen molar-refractivity contribution in [2.24, 2.45) is 5.92 Å². The molecule has 0 amide bonds. The summed E-state index contributed by atoms with van der Waals surface area (Å²) >= 11 is 0. The highest BCUT2D eigenvalue weighted by Crippen LogP contribution is 2.40. The summed E-state index contributed by atoms with van der Waals surface area (Å²) in [6.45, 7) is 4.43. The van der Waals surface area contributed by atoms with Gasteiger partial charge in [0.2, 0.25) is 0 Å². The van der Waals surface area contributed by atoms with Gasteiger partial charge in [0.25, 0.3) is 0 Å². The van der Waals surface area contributed by atoms with Gasteiger partial charge in [0, 0.05) is 50.7 Å². The molecule has 2 aromatic rings. The predicted molar refractivity (Wildman–Crippen MR) is 86.0 cm³/mol. The van der Waals surface area contributed by atoms with Crippen molar-refractivity contribution in [1.82, 2.24) is 14.9 Å². The van der Waals surface area contributed by atoms with Crippen LogP contribution in [0.2, 0.25) is 0 Å². The van der Waals surface area contributed by atoms with E-state index in [0.717, 1.165) is 38.4 Å². The van der Waals surface area contributed by atoms with Gasteiger partial charge in [-0.05, 0) is 30.2 Å². The quantitative estimate of drug-likeness (QED) is 0.847. The minimum Gasteiger partial charge on any atom is -0.492 e. The maximum Gasteiger partial charge on any atom is 0.137 e. The number of hydrogen-bond donors (Lipinski definition) is 0. The summed E-state index contributed by atoms with van der Waals surface area (Å²) in [7, 11) is 0. The van der Waals surface area contributed by atoms with E-state index in [4.69, 9.17) is 9.47 Å². The van der Waals surface area contributed by atoms with Gasteiger partial charge >= 0.3 is 0 Å². The van der Waals surface area contributed by atoms with Crippen LogP contribution < -0.4 is 4.74 Å². The summed E-state index contributed by atoms with van der Waals surface area (Å²) in [6.07, 6.45) is 8.34. The lowest BCUT2D eigenvalue weighted by molar-refractivity contribution is -0.140. The summed E-state index contributed by atoms with van der Waals surface area (Å²) in [6, 6.07) is 7.96. The lowest BCUT2D eigenvalue weighted by atomic mass is 9.81. The number of likely N-dealkylation sites (tertiary alicyclic amines) is 1. The first kappa shape index (κ1) is 14.6. The maximum atomic E-state index is 6.09. The van der Waals surface area contributed by atoms with E-state index in [1.54, 1.807) is 12.4 Å². The first-order chi connectivity index (χ1) is 11.3. The Hall–Kier alpha value is -1.98. The molecule has 2 saturated heterocycles. The average Bonchev–Trinajstić information content (AvgIpc) is 2.98. The van der Waals surface area contributed by atoms with Crippen LogP contribution in [0, 0.1) is 5.92 Å². The number of aromatic nitrogens is 2. The number of hydrogen-bond acceptors (Lipinski definition) is 5. The highest BCUT2D eigenvalue weighted by molar-refractivity contribution is 5.16. The fourth-order valence-electron chi connectivity index (χ4n) is 3.57. The summed E-state index contributed by atoms with van der Waals surface area (Å²) in [5, 5.41) is 0. The smallest absolute Gasteiger partial charge is 0.137 e. The molecule has 2 aliphatic rings. The van der Waals surface area contributed by atoms with Crippen molar-refractivity contribution >= 4 is 0 Å². The Labute approximate surface area is 136 Å². The van der Waals surface area contributed by atoms with Gasteiger partial charge in [0.1, 0.15) is 5.75 Å². The van der Waals surface area contributed by atoms with Crippen molar-refractivity contribution < 1.29 is 9.47 Å². The van der Waals surface area contributed by atoms with Crippen LogP contribution in [0.15, 0.2) is 49.1 Å². The minimum atomic E-state index is -0.0234. The van der Waals surface area contributed by atoms with Crippen molar-refractivity contribution in [3.8, 4) is 5.75 Å². The van der Waals surface area contributed by atoms with Crippen molar-refractivity contribution in [2.45, 2.75) is 18.6 Å². The molecular formula is C18H21N3O2. The number of nitrogens with zero attached hydrogens (tertiary/aromatic N) is 3. The van der Waals surface area contributed by atoms with Gasteiger partial charge in [-0.3, -0.25) is 14.9 Å². The van der Waals surface area contributed by atoms with E-state index in [0.29, 0.717) is 12.5 Å². The molecule has 5 heteroatoms. The average molecular weight is 311 g/mol. The molecule has 4 heterocycles. The van der Waals surface area contributed by atoms with E-state index in [1.807, 2.05) is 30.6 Å². The molecule has 5 nitrogen and oxygen atoms in total. The van der Waals surface area contributed by atoms with E-state index >= 15 is 0 Å². The fraction of sp³-hybridized carbons (Fsp3) is 0.444. The van der Waals surface area contributed by atoms with Gasteiger partial charge < -0.3 is 9.47 Å².